The molecule has 366 valence electrons. The fraction of sp³-hybridized carbons (Fsp3) is 0.941. The Hall–Kier alpha value is -1.79. The first-order valence-electron chi connectivity index (χ1n) is 26.1. The molecule has 11 heteroatoms. The Morgan fingerprint density at radius 1 is 0.435 bits per heavy atom. The van der Waals surface area contributed by atoms with Crippen molar-refractivity contribution in [1.29, 1.82) is 0 Å². The molecule has 0 saturated carbocycles. The average molecular weight is 885 g/mol. The van der Waals surface area contributed by atoms with Gasteiger partial charge in [0, 0.05) is 12.8 Å². The zero-order valence-corrected chi connectivity index (χ0v) is 39.9. The monoisotopic (exact) mass is 885 g/mol. The third-order valence-corrected chi connectivity index (χ3v) is 12.5. The second-order valence-corrected chi connectivity index (χ2v) is 18.4. The predicted molar refractivity (Wildman–Crippen MR) is 248 cm³/mol. The standard InChI is InChI=1S/C51H96O11/c1-3-5-7-9-11-13-15-17-19-20-21-22-23-24-25-26-28-29-31-33-35-37-39-44(52)59-41-43(42-60-51-48(56)46(54)47(55)49(62-51)50(57)58)61-45(53)40-38-36-34-32-30-27-18-16-14-12-10-8-6-4-2/h43,46-49,51,54-56H,3-42H2,1-2H3,(H,57,58). The minimum absolute atomic E-state index is 0.191. The highest BCUT2D eigenvalue weighted by Gasteiger charge is 2.47. The molecule has 6 atom stereocenters. The second kappa shape index (κ2) is 41.9. The maximum Gasteiger partial charge on any atom is 0.335 e. The number of hydrogen-bond donors (Lipinski definition) is 4. The molecule has 0 aromatic carbocycles. The molecule has 0 amide bonds. The molecule has 0 aliphatic carbocycles. The summed E-state index contributed by atoms with van der Waals surface area (Å²) in [5.41, 5.74) is 0. The van der Waals surface area contributed by atoms with Crippen LogP contribution in [0.1, 0.15) is 258 Å². The molecule has 6 unspecified atom stereocenters. The number of aliphatic carboxylic acids is 1. The molecule has 1 rings (SSSR count). The number of carbonyl (C=O) groups is 3. The summed E-state index contributed by atoms with van der Waals surface area (Å²) in [6.45, 7) is 3.86. The molecule has 0 aromatic rings. The van der Waals surface area contributed by atoms with Crippen molar-refractivity contribution in [2.75, 3.05) is 13.2 Å². The van der Waals surface area contributed by atoms with Gasteiger partial charge in [-0.3, -0.25) is 9.59 Å². The van der Waals surface area contributed by atoms with Gasteiger partial charge in [0.2, 0.25) is 0 Å². The van der Waals surface area contributed by atoms with Gasteiger partial charge < -0.3 is 39.4 Å². The summed E-state index contributed by atoms with van der Waals surface area (Å²) < 4.78 is 21.8. The molecule has 11 nitrogen and oxygen atoms in total. The summed E-state index contributed by atoms with van der Waals surface area (Å²) in [6, 6.07) is 0. The fourth-order valence-electron chi connectivity index (χ4n) is 8.35. The molecule has 62 heavy (non-hydrogen) atoms. The van der Waals surface area contributed by atoms with Crippen LogP contribution in [-0.4, -0.2) is 88.4 Å². The second-order valence-electron chi connectivity index (χ2n) is 18.4. The van der Waals surface area contributed by atoms with E-state index in [0.29, 0.717) is 12.8 Å². The van der Waals surface area contributed by atoms with Gasteiger partial charge in [-0.25, -0.2) is 4.79 Å². The largest absolute Gasteiger partial charge is 0.479 e. The van der Waals surface area contributed by atoms with E-state index < -0.39 is 54.7 Å². The average Bonchev–Trinajstić information content (AvgIpc) is 3.26. The van der Waals surface area contributed by atoms with Gasteiger partial charge in [0.15, 0.2) is 18.5 Å². The first kappa shape index (κ1) is 58.2. The Morgan fingerprint density at radius 3 is 1.10 bits per heavy atom. The van der Waals surface area contributed by atoms with E-state index in [2.05, 4.69) is 13.8 Å². The van der Waals surface area contributed by atoms with Gasteiger partial charge in [-0.05, 0) is 12.8 Å². The Labute approximate surface area is 378 Å². The molecule has 0 aromatic heterocycles. The Balaban J connectivity index is 2.24. The number of carboxylic acid groups (broad SMARTS) is 1. The summed E-state index contributed by atoms with van der Waals surface area (Å²) in [7, 11) is 0. The summed E-state index contributed by atoms with van der Waals surface area (Å²) in [5.74, 6) is -2.42. The quantitative estimate of drug-likeness (QED) is 0.0339. The Bertz CT molecular complexity index is 1040. The van der Waals surface area contributed by atoms with E-state index >= 15 is 0 Å². The van der Waals surface area contributed by atoms with E-state index in [9.17, 15) is 34.8 Å². The maximum absolute atomic E-state index is 12.8. The molecule has 1 fully saturated rings. The maximum atomic E-state index is 12.8. The topological polar surface area (TPSA) is 169 Å². The minimum atomic E-state index is -1.86. The van der Waals surface area contributed by atoms with E-state index in [1.165, 1.54) is 180 Å². The van der Waals surface area contributed by atoms with Gasteiger partial charge >= 0.3 is 17.9 Å². The van der Waals surface area contributed by atoms with Crippen LogP contribution in [0.3, 0.4) is 0 Å². The van der Waals surface area contributed by atoms with Crippen LogP contribution < -0.4 is 0 Å². The predicted octanol–water partition coefficient (Wildman–Crippen LogP) is 12.2. The lowest BCUT2D eigenvalue weighted by atomic mass is 9.99. The van der Waals surface area contributed by atoms with Crippen LogP contribution in [0.25, 0.3) is 0 Å². The van der Waals surface area contributed by atoms with E-state index in [1.807, 2.05) is 0 Å². The summed E-state index contributed by atoms with van der Waals surface area (Å²) in [5, 5.41) is 39.9. The van der Waals surface area contributed by atoms with Gasteiger partial charge in [-0.2, -0.15) is 0 Å². The third-order valence-electron chi connectivity index (χ3n) is 12.5. The van der Waals surface area contributed by atoms with Crippen molar-refractivity contribution in [3.63, 3.8) is 0 Å². The van der Waals surface area contributed by atoms with E-state index in [4.69, 9.17) is 18.9 Å². The van der Waals surface area contributed by atoms with Crippen molar-refractivity contribution >= 4 is 17.9 Å². The number of rotatable bonds is 45. The zero-order chi connectivity index (χ0) is 45.3. The normalized spacial score (nSPS) is 19.4. The van der Waals surface area contributed by atoms with Crippen molar-refractivity contribution in [3.05, 3.63) is 0 Å². The fourth-order valence-corrected chi connectivity index (χ4v) is 8.35. The van der Waals surface area contributed by atoms with Gasteiger partial charge in [0.05, 0.1) is 6.61 Å². The minimum Gasteiger partial charge on any atom is -0.479 e. The molecule has 1 saturated heterocycles. The van der Waals surface area contributed by atoms with Gasteiger partial charge in [0.25, 0.3) is 0 Å². The number of ether oxygens (including phenoxy) is 4. The summed E-state index contributed by atoms with van der Waals surface area (Å²) in [6.07, 6.45) is 35.9. The summed E-state index contributed by atoms with van der Waals surface area (Å²) in [4.78, 5) is 36.9. The van der Waals surface area contributed by atoms with E-state index in [-0.39, 0.29) is 26.1 Å². The number of carboxylic acids is 1. The highest BCUT2D eigenvalue weighted by Crippen LogP contribution is 2.23. The number of unbranched alkanes of at least 4 members (excludes halogenated alkanes) is 34. The third kappa shape index (κ3) is 32.8. The Kier molecular flexibility index (Phi) is 39.3. The van der Waals surface area contributed by atoms with Crippen molar-refractivity contribution in [2.45, 2.75) is 295 Å². The number of aliphatic hydroxyl groups excluding tert-OH is 3. The molecule has 0 radical (unpaired) electrons. The van der Waals surface area contributed by atoms with Crippen LogP contribution in [0.2, 0.25) is 0 Å². The van der Waals surface area contributed by atoms with Crippen LogP contribution in [0.4, 0.5) is 0 Å². The van der Waals surface area contributed by atoms with Gasteiger partial charge in [0.1, 0.15) is 24.9 Å². The SMILES string of the molecule is CCCCCCCCCCCCCCCCCCCCCCCCC(=O)OCC(COC1OC(C(=O)O)C(O)C(O)C1O)OC(=O)CCCCCCCCCCCCCCCC. The first-order chi connectivity index (χ1) is 30.2. The molecule has 1 heterocycles. The van der Waals surface area contributed by atoms with Crippen molar-refractivity contribution in [1.82, 2.24) is 0 Å². The van der Waals surface area contributed by atoms with E-state index in [1.54, 1.807) is 0 Å². The Morgan fingerprint density at radius 2 is 0.758 bits per heavy atom. The molecule has 4 N–H and O–H groups in total. The van der Waals surface area contributed by atoms with Crippen molar-refractivity contribution in [2.24, 2.45) is 0 Å². The zero-order valence-electron chi connectivity index (χ0n) is 39.9. The molecular weight excluding hydrogens is 789 g/mol. The van der Waals surface area contributed by atoms with Crippen molar-refractivity contribution in [3.8, 4) is 0 Å². The lowest BCUT2D eigenvalue weighted by Gasteiger charge is -2.38. The molecule has 1 aliphatic heterocycles. The van der Waals surface area contributed by atoms with Crippen molar-refractivity contribution < 1.29 is 53.8 Å². The van der Waals surface area contributed by atoms with Gasteiger partial charge in [-0.15, -0.1) is 0 Å². The lowest BCUT2D eigenvalue weighted by molar-refractivity contribution is -0.298. The number of hydrogen-bond acceptors (Lipinski definition) is 10. The van der Waals surface area contributed by atoms with Crippen LogP contribution in [0.5, 0.6) is 0 Å². The van der Waals surface area contributed by atoms with Crippen LogP contribution in [0.15, 0.2) is 0 Å². The molecule has 0 spiro atoms. The van der Waals surface area contributed by atoms with Crippen LogP contribution >= 0.6 is 0 Å². The van der Waals surface area contributed by atoms with Crippen LogP contribution in [0, 0.1) is 0 Å². The number of aliphatic hydroxyl groups is 3. The molecule has 1 aliphatic rings. The van der Waals surface area contributed by atoms with E-state index in [0.717, 1.165) is 38.5 Å². The number of esters is 2. The first-order valence-corrected chi connectivity index (χ1v) is 26.1. The lowest BCUT2D eigenvalue weighted by Crippen LogP contribution is -2.60. The molecular formula is C51H96O11. The summed E-state index contributed by atoms with van der Waals surface area (Å²) >= 11 is 0. The van der Waals surface area contributed by atoms with Gasteiger partial charge in [-0.1, -0.05) is 232 Å². The smallest absolute Gasteiger partial charge is 0.335 e. The number of carbonyl (C=O) groups excluding carboxylic acids is 2. The highest BCUT2D eigenvalue weighted by molar-refractivity contribution is 5.73. The molecule has 0 bridgehead atoms. The highest BCUT2D eigenvalue weighted by atomic mass is 16.7. The van der Waals surface area contributed by atoms with Crippen LogP contribution in [-0.2, 0) is 33.3 Å².